The summed E-state index contributed by atoms with van der Waals surface area (Å²) in [6.07, 6.45) is 2.33. The third-order valence-corrected chi connectivity index (χ3v) is 2.88. The number of hydrogen-bond donors (Lipinski definition) is 2. The van der Waals surface area contributed by atoms with E-state index in [-0.39, 0.29) is 11.5 Å². The van der Waals surface area contributed by atoms with E-state index >= 15 is 0 Å². The average Bonchev–Trinajstić information content (AvgIpc) is 2.47. The predicted molar refractivity (Wildman–Crippen MR) is 82.0 cm³/mol. The Bertz CT molecular complexity index is 692. The number of nitrogens with one attached hydrogen (secondary N) is 2. The van der Waals surface area contributed by atoms with Crippen molar-refractivity contribution in [3.63, 3.8) is 0 Å². The molecule has 1 aromatic carbocycles. The van der Waals surface area contributed by atoms with Crippen LogP contribution < -0.4 is 15.6 Å². The normalized spacial score (nSPS) is 10.2. The summed E-state index contributed by atoms with van der Waals surface area (Å²) in [5, 5.41) is 2.77. The maximum absolute atomic E-state index is 12.2. The van der Waals surface area contributed by atoms with Crippen LogP contribution in [0.3, 0.4) is 0 Å². The molecule has 0 spiro atoms. The molecule has 2 rings (SSSR count). The first-order chi connectivity index (χ1) is 10.1. The molecule has 0 saturated carbocycles. The van der Waals surface area contributed by atoms with Crippen LogP contribution in [0.4, 0.5) is 5.69 Å². The number of anilines is 1. The quantitative estimate of drug-likeness (QED) is 0.887. The second kappa shape index (κ2) is 6.74. The first-order valence-corrected chi connectivity index (χ1v) is 6.83. The molecule has 5 heteroatoms. The van der Waals surface area contributed by atoms with E-state index in [9.17, 15) is 9.59 Å². The molecule has 2 N–H and O–H groups in total. The molecule has 5 nitrogen and oxygen atoms in total. The van der Waals surface area contributed by atoms with Crippen molar-refractivity contribution in [3.05, 3.63) is 58.0 Å². The van der Waals surface area contributed by atoms with Gasteiger partial charge in [0.05, 0.1) is 12.3 Å². The summed E-state index contributed by atoms with van der Waals surface area (Å²) < 4.78 is 5.64. The topological polar surface area (TPSA) is 71.2 Å². The number of aromatic amines is 1. The molecule has 0 unspecified atom stereocenters. The maximum atomic E-state index is 12.2. The minimum Gasteiger partial charge on any atom is -0.491 e. The molecule has 2 aromatic rings. The monoisotopic (exact) mass is 286 g/mol. The van der Waals surface area contributed by atoms with Crippen molar-refractivity contribution in [1.82, 2.24) is 4.98 Å². The Morgan fingerprint density at radius 2 is 2.10 bits per heavy atom. The smallest absolute Gasteiger partial charge is 0.256 e. The number of ether oxygens (including phenoxy) is 1. The summed E-state index contributed by atoms with van der Waals surface area (Å²) in [5.41, 5.74) is 1.64. The van der Waals surface area contributed by atoms with E-state index in [0.29, 0.717) is 23.6 Å². The van der Waals surface area contributed by atoms with E-state index in [2.05, 4.69) is 10.3 Å². The highest BCUT2D eigenvalue weighted by Gasteiger charge is 2.10. The van der Waals surface area contributed by atoms with E-state index in [0.717, 1.165) is 12.0 Å². The van der Waals surface area contributed by atoms with Crippen molar-refractivity contribution in [2.24, 2.45) is 0 Å². The Morgan fingerprint density at radius 3 is 2.81 bits per heavy atom. The SMILES string of the molecule is CCCOc1cc(C)ccc1NC(=O)c1cc[nH]c(=O)c1. The standard InChI is InChI=1S/C16H18N2O3/c1-3-8-21-14-9-11(2)4-5-13(14)18-16(20)12-6-7-17-15(19)10-12/h4-7,9-10H,3,8H2,1-2H3,(H,17,19)(H,18,20). The van der Waals surface area contributed by atoms with Gasteiger partial charge in [-0.2, -0.15) is 0 Å². The largest absolute Gasteiger partial charge is 0.491 e. The van der Waals surface area contributed by atoms with E-state index in [1.54, 1.807) is 12.1 Å². The van der Waals surface area contributed by atoms with Crippen molar-refractivity contribution in [3.8, 4) is 5.75 Å². The molecular weight excluding hydrogens is 268 g/mol. The average molecular weight is 286 g/mol. The molecule has 0 aliphatic rings. The van der Waals surface area contributed by atoms with Crippen LogP contribution in [-0.2, 0) is 0 Å². The molecule has 0 radical (unpaired) electrons. The van der Waals surface area contributed by atoms with E-state index in [4.69, 9.17) is 4.74 Å². The van der Waals surface area contributed by atoms with Gasteiger partial charge in [-0.05, 0) is 37.1 Å². The lowest BCUT2D eigenvalue weighted by Gasteiger charge is -2.13. The van der Waals surface area contributed by atoms with Crippen LogP contribution in [0.25, 0.3) is 0 Å². The Labute approximate surface area is 123 Å². The van der Waals surface area contributed by atoms with E-state index in [1.807, 2.05) is 26.0 Å². The van der Waals surface area contributed by atoms with E-state index in [1.165, 1.54) is 12.3 Å². The van der Waals surface area contributed by atoms with Gasteiger partial charge in [0, 0.05) is 17.8 Å². The second-order valence-electron chi connectivity index (χ2n) is 4.74. The van der Waals surface area contributed by atoms with Crippen LogP contribution in [0.2, 0.25) is 0 Å². The zero-order valence-electron chi connectivity index (χ0n) is 12.1. The number of carbonyl (C=O) groups is 1. The van der Waals surface area contributed by atoms with Crippen LogP contribution in [0.1, 0.15) is 29.3 Å². The number of benzene rings is 1. The first-order valence-electron chi connectivity index (χ1n) is 6.83. The lowest BCUT2D eigenvalue weighted by atomic mass is 10.2. The van der Waals surface area contributed by atoms with Crippen LogP contribution in [0.5, 0.6) is 5.75 Å². The molecule has 1 amide bonds. The number of pyridine rings is 1. The van der Waals surface area contributed by atoms with Gasteiger partial charge in [0.1, 0.15) is 5.75 Å². The minimum absolute atomic E-state index is 0.306. The van der Waals surface area contributed by atoms with Crippen molar-refractivity contribution >= 4 is 11.6 Å². The summed E-state index contributed by atoms with van der Waals surface area (Å²) in [5.74, 6) is 0.293. The fourth-order valence-electron chi connectivity index (χ4n) is 1.84. The van der Waals surface area contributed by atoms with Gasteiger partial charge in [0.2, 0.25) is 5.56 Å². The zero-order chi connectivity index (χ0) is 15.2. The first kappa shape index (κ1) is 14.8. The lowest BCUT2D eigenvalue weighted by Crippen LogP contribution is -2.16. The van der Waals surface area contributed by atoms with Gasteiger partial charge < -0.3 is 15.0 Å². The number of H-pyrrole nitrogens is 1. The van der Waals surface area contributed by atoms with Gasteiger partial charge in [0.25, 0.3) is 5.91 Å². The zero-order valence-corrected chi connectivity index (χ0v) is 12.1. The van der Waals surface area contributed by atoms with Crippen molar-refractivity contribution < 1.29 is 9.53 Å². The van der Waals surface area contributed by atoms with Crippen LogP contribution in [-0.4, -0.2) is 17.5 Å². The summed E-state index contributed by atoms with van der Waals surface area (Å²) in [4.78, 5) is 25.9. The highest BCUT2D eigenvalue weighted by molar-refractivity contribution is 6.04. The van der Waals surface area contributed by atoms with Crippen molar-refractivity contribution in [2.45, 2.75) is 20.3 Å². The van der Waals surface area contributed by atoms with Gasteiger partial charge in [-0.25, -0.2) is 0 Å². The third-order valence-electron chi connectivity index (χ3n) is 2.88. The molecule has 1 heterocycles. The highest BCUT2D eigenvalue weighted by atomic mass is 16.5. The lowest BCUT2D eigenvalue weighted by molar-refractivity contribution is 0.102. The maximum Gasteiger partial charge on any atom is 0.256 e. The number of rotatable bonds is 5. The van der Waals surface area contributed by atoms with Gasteiger partial charge in [-0.3, -0.25) is 9.59 Å². The summed E-state index contributed by atoms with van der Waals surface area (Å²) >= 11 is 0. The second-order valence-corrected chi connectivity index (χ2v) is 4.74. The molecule has 0 bridgehead atoms. The van der Waals surface area contributed by atoms with Gasteiger partial charge in [0.15, 0.2) is 0 Å². The third kappa shape index (κ3) is 3.95. The minimum atomic E-state index is -0.341. The number of carbonyl (C=O) groups excluding carboxylic acids is 1. The number of amides is 1. The Morgan fingerprint density at radius 1 is 1.29 bits per heavy atom. The molecule has 0 atom stereocenters. The van der Waals surface area contributed by atoms with Gasteiger partial charge in [-0.1, -0.05) is 13.0 Å². The molecule has 0 aliphatic carbocycles. The fourth-order valence-corrected chi connectivity index (χ4v) is 1.84. The van der Waals surface area contributed by atoms with Gasteiger partial charge in [-0.15, -0.1) is 0 Å². The van der Waals surface area contributed by atoms with Crippen molar-refractivity contribution in [2.75, 3.05) is 11.9 Å². The number of hydrogen-bond acceptors (Lipinski definition) is 3. The molecule has 0 fully saturated rings. The Balaban J connectivity index is 2.22. The van der Waals surface area contributed by atoms with Gasteiger partial charge >= 0.3 is 0 Å². The van der Waals surface area contributed by atoms with Crippen LogP contribution in [0, 0.1) is 6.92 Å². The Kier molecular flexibility index (Phi) is 4.77. The summed E-state index contributed by atoms with van der Waals surface area (Å²) in [6.45, 7) is 4.56. The Hall–Kier alpha value is -2.56. The van der Waals surface area contributed by atoms with Crippen LogP contribution in [0.15, 0.2) is 41.3 Å². The van der Waals surface area contributed by atoms with Crippen molar-refractivity contribution in [1.29, 1.82) is 0 Å². The summed E-state index contributed by atoms with van der Waals surface area (Å²) in [6, 6.07) is 8.38. The fraction of sp³-hybridized carbons (Fsp3) is 0.250. The highest BCUT2D eigenvalue weighted by Crippen LogP contribution is 2.26. The molecule has 110 valence electrons. The van der Waals surface area contributed by atoms with E-state index < -0.39 is 0 Å². The number of aromatic nitrogens is 1. The molecule has 0 saturated heterocycles. The molecule has 1 aromatic heterocycles. The number of aryl methyl sites for hydroxylation is 1. The van der Waals surface area contributed by atoms with Crippen LogP contribution >= 0.6 is 0 Å². The predicted octanol–water partition coefficient (Wildman–Crippen LogP) is 2.72. The molecule has 21 heavy (non-hydrogen) atoms. The molecule has 0 aliphatic heterocycles. The molecular formula is C16H18N2O3. The summed E-state index contributed by atoms with van der Waals surface area (Å²) in [7, 11) is 0.